The number of aromatic nitrogens is 2. The quantitative estimate of drug-likeness (QED) is 0.801. The molecule has 0 aliphatic heterocycles. The molecule has 2 N–H and O–H groups in total. The van der Waals surface area contributed by atoms with Gasteiger partial charge in [0.1, 0.15) is 6.10 Å². The van der Waals surface area contributed by atoms with E-state index < -0.39 is 0 Å². The maximum atomic E-state index is 5.99. The van der Waals surface area contributed by atoms with E-state index in [1.807, 2.05) is 0 Å². The molecule has 2 atom stereocenters. The molecule has 1 heterocycles. The van der Waals surface area contributed by atoms with E-state index in [0.717, 1.165) is 12.8 Å². The van der Waals surface area contributed by atoms with Gasteiger partial charge in [-0.25, -0.2) is 0 Å². The smallest absolute Gasteiger partial charge is 0.243 e. The molecule has 0 spiro atoms. The summed E-state index contributed by atoms with van der Waals surface area (Å²) >= 11 is 0. The summed E-state index contributed by atoms with van der Waals surface area (Å²) in [5, 5.41) is 3.95. The number of methoxy groups -OCH3 is 1. The SMILES string of the molecule is CCCC(OC)c1noc(C(N)C2CC2)n1. The average molecular weight is 225 g/mol. The molecule has 1 aliphatic rings. The van der Waals surface area contributed by atoms with E-state index in [1.54, 1.807) is 7.11 Å². The molecule has 0 bridgehead atoms. The Labute approximate surface area is 95.3 Å². The minimum Gasteiger partial charge on any atom is -0.373 e. The van der Waals surface area contributed by atoms with Crippen LogP contribution in [0.25, 0.3) is 0 Å². The molecule has 1 fully saturated rings. The molecule has 0 saturated heterocycles. The Kier molecular flexibility index (Phi) is 3.56. The normalized spacial score (nSPS) is 19.7. The second kappa shape index (κ2) is 4.93. The Morgan fingerprint density at radius 3 is 2.88 bits per heavy atom. The first-order chi connectivity index (χ1) is 7.76. The molecule has 1 aromatic heterocycles. The van der Waals surface area contributed by atoms with Crippen molar-refractivity contribution in [1.29, 1.82) is 0 Å². The molecule has 0 aromatic carbocycles. The molecular formula is C11H19N3O2. The van der Waals surface area contributed by atoms with Crippen molar-refractivity contribution in [2.75, 3.05) is 7.11 Å². The number of nitrogens with two attached hydrogens (primary N) is 1. The fourth-order valence-electron chi connectivity index (χ4n) is 1.78. The fourth-order valence-corrected chi connectivity index (χ4v) is 1.78. The standard InChI is InChI=1S/C11H19N3O2/c1-3-4-8(15-2)10-13-11(16-14-10)9(12)7-5-6-7/h7-9H,3-6,12H2,1-2H3. The Hall–Kier alpha value is -0.940. The minimum absolute atomic E-state index is 0.0751. The Balaban J connectivity index is 2.04. The Bertz CT molecular complexity index is 336. The zero-order valence-corrected chi connectivity index (χ0v) is 9.85. The molecule has 5 nitrogen and oxygen atoms in total. The van der Waals surface area contributed by atoms with Crippen molar-refractivity contribution in [2.45, 2.75) is 44.8 Å². The maximum Gasteiger partial charge on any atom is 0.243 e. The molecule has 2 rings (SSSR count). The van der Waals surface area contributed by atoms with E-state index in [9.17, 15) is 0 Å². The van der Waals surface area contributed by atoms with E-state index in [4.69, 9.17) is 15.0 Å². The number of hydrogen-bond donors (Lipinski definition) is 1. The first-order valence-electron chi connectivity index (χ1n) is 5.88. The van der Waals surface area contributed by atoms with E-state index >= 15 is 0 Å². The van der Waals surface area contributed by atoms with Crippen molar-refractivity contribution in [3.63, 3.8) is 0 Å². The van der Waals surface area contributed by atoms with E-state index in [0.29, 0.717) is 17.6 Å². The van der Waals surface area contributed by atoms with E-state index in [1.165, 1.54) is 12.8 Å². The summed E-state index contributed by atoms with van der Waals surface area (Å²) in [6.45, 7) is 2.10. The Morgan fingerprint density at radius 1 is 1.56 bits per heavy atom. The average Bonchev–Trinajstić information content (AvgIpc) is 3.03. The lowest BCUT2D eigenvalue weighted by Crippen LogP contribution is -2.13. The summed E-state index contributed by atoms with van der Waals surface area (Å²) in [5.74, 6) is 1.70. The summed E-state index contributed by atoms with van der Waals surface area (Å²) < 4.78 is 10.5. The van der Waals surface area contributed by atoms with Crippen molar-refractivity contribution in [2.24, 2.45) is 11.7 Å². The highest BCUT2D eigenvalue weighted by atomic mass is 16.5. The summed E-state index contributed by atoms with van der Waals surface area (Å²) in [4.78, 5) is 4.33. The van der Waals surface area contributed by atoms with Crippen LogP contribution in [-0.4, -0.2) is 17.3 Å². The third kappa shape index (κ3) is 2.41. The van der Waals surface area contributed by atoms with Gasteiger partial charge in [0.05, 0.1) is 6.04 Å². The van der Waals surface area contributed by atoms with Gasteiger partial charge in [-0.15, -0.1) is 0 Å². The predicted octanol–water partition coefficient (Wildman–Crippen LogP) is 1.97. The van der Waals surface area contributed by atoms with Gasteiger partial charge in [0.25, 0.3) is 0 Å². The summed E-state index contributed by atoms with van der Waals surface area (Å²) in [6.07, 6.45) is 4.18. The molecule has 1 aliphatic carbocycles. The molecule has 5 heteroatoms. The van der Waals surface area contributed by atoms with Crippen molar-refractivity contribution in [1.82, 2.24) is 10.1 Å². The minimum atomic E-state index is -0.0969. The fraction of sp³-hybridized carbons (Fsp3) is 0.818. The molecule has 0 radical (unpaired) electrons. The van der Waals surface area contributed by atoms with Crippen LogP contribution in [0, 0.1) is 5.92 Å². The van der Waals surface area contributed by atoms with Crippen molar-refractivity contribution in [3.05, 3.63) is 11.7 Å². The van der Waals surface area contributed by atoms with Crippen LogP contribution in [0.15, 0.2) is 4.52 Å². The summed E-state index contributed by atoms with van der Waals surface area (Å²) in [7, 11) is 1.66. The van der Waals surface area contributed by atoms with Crippen molar-refractivity contribution >= 4 is 0 Å². The number of ether oxygens (including phenoxy) is 1. The van der Waals surface area contributed by atoms with Gasteiger partial charge in [-0.2, -0.15) is 4.98 Å². The predicted molar refractivity (Wildman–Crippen MR) is 58.6 cm³/mol. The van der Waals surface area contributed by atoms with Crippen LogP contribution < -0.4 is 5.73 Å². The number of hydrogen-bond acceptors (Lipinski definition) is 5. The molecule has 16 heavy (non-hydrogen) atoms. The highest BCUT2D eigenvalue weighted by molar-refractivity contribution is 5.00. The third-order valence-electron chi connectivity index (χ3n) is 3.00. The van der Waals surface area contributed by atoms with Gasteiger partial charge in [0, 0.05) is 7.11 Å². The second-order valence-electron chi connectivity index (χ2n) is 4.37. The van der Waals surface area contributed by atoms with Crippen LogP contribution in [0.4, 0.5) is 0 Å². The number of nitrogens with zero attached hydrogens (tertiary/aromatic N) is 2. The van der Waals surface area contributed by atoms with Crippen LogP contribution in [-0.2, 0) is 4.74 Å². The lowest BCUT2D eigenvalue weighted by Gasteiger charge is -2.08. The van der Waals surface area contributed by atoms with Crippen LogP contribution >= 0.6 is 0 Å². The van der Waals surface area contributed by atoms with Crippen molar-refractivity contribution in [3.8, 4) is 0 Å². The van der Waals surface area contributed by atoms with Gasteiger partial charge in [-0.05, 0) is 25.2 Å². The molecule has 1 aromatic rings. The first-order valence-corrected chi connectivity index (χ1v) is 5.88. The number of rotatable bonds is 6. The monoisotopic (exact) mass is 225 g/mol. The van der Waals surface area contributed by atoms with Crippen LogP contribution in [0.1, 0.15) is 56.5 Å². The van der Waals surface area contributed by atoms with E-state index in [-0.39, 0.29) is 12.1 Å². The second-order valence-corrected chi connectivity index (χ2v) is 4.37. The first kappa shape index (κ1) is 11.5. The zero-order chi connectivity index (χ0) is 11.5. The molecule has 90 valence electrons. The molecule has 1 saturated carbocycles. The summed E-state index contributed by atoms with van der Waals surface area (Å²) in [6, 6.07) is -0.0969. The van der Waals surface area contributed by atoms with Crippen LogP contribution in [0.5, 0.6) is 0 Å². The van der Waals surface area contributed by atoms with E-state index in [2.05, 4.69) is 17.1 Å². The van der Waals surface area contributed by atoms with Gasteiger partial charge in [-0.3, -0.25) is 0 Å². The highest BCUT2D eigenvalue weighted by Gasteiger charge is 2.33. The van der Waals surface area contributed by atoms with Gasteiger partial charge in [0.2, 0.25) is 11.7 Å². The largest absolute Gasteiger partial charge is 0.373 e. The zero-order valence-electron chi connectivity index (χ0n) is 9.85. The Morgan fingerprint density at radius 2 is 2.31 bits per heavy atom. The third-order valence-corrected chi connectivity index (χ3v) is 3.00. The van der Waals surface area contributed by atoms with Gasteiger partial charge in [-0.1, -0.05) is 18.5 Å². The van der Waals surface area contributed by atoms with Crippen molar-refractivity contribution < 1.29 is 9.26 Å². The summed E-state index contributed by atoms with van der Waals surface area (Å²) in [5.41, 5.74) is 5.99. The maximum absolute atomic E-state index is 5.99. The van der Waals surface area contributed by atoms with Crippen LogP contribution in [0.3, 0.4) is 0 Å². The lowest BCUT2D eigenvalue weighted by molar-refractivity contribution is 0.0854. The van der Waals surface area contributed by atoms with Gasteiger partial charge < -0.3 is 15.0 Å². The van der Waals surface area contributed by atoms with Gasteiger partial charge in [0.15, 0.2) is 0 Å². The topological polar surface area (TPSA) is 74.2 Å². The van der Waals surface area contributed by atoms with Gasteiger partial charge >= 0.3 is 0 Å². The molecular weight excluding hydrogens is 206 g/mol. The highest BCUT2D eigenvalue weighted by Crippen LogP contribution is 2.39. The molecule has 0 amide bonds. The lowest BCUT2D eigenvalue weighted by atomic mass is 10.2. The molecule has 2 unspecified atom stereocenters. The van der Waals surface area contributed by atoms with Crippen LogP contribution in [0.2, 0.25) is 0 Å².